The van der Waals surface area contributed by atoms with Gasteiger partial charge >= 0.3 is 5.97 Å². The molecule has 1 rings (SSSR count). The predicted octanol–water partition coefficient (Wildman–Crippen LogP) is 10.0. The van der Waals surface area contributed by atoms with Gasteiger partial charge in [-0.3, -0.25) is 0 Å². The quantitative estimate of drug-likeness (QED) is 0.176. The number of allylic oxidation sites excluding steroid dienone is 1. The van der Waals surface area contributed by atoms with Crippen LogP contribution >= 0.6 is 0 Å². The molecule has 0 heterocycles. The van der Waals surface area contributed by atoms with Gasteiger partial charge in [0.05, 0.1) is 0 Å². The average Bonchev–Trinajstić information content (AvgIpc) is 2.77. The lowest BCUT2D eigenvalue weighted by atomic mass is 10.0. The number of carboxylic acid groups (broad SMARTS) is 1. The summed E-state index contributed by atoms with van der Waals surface area (Å²) >= 11 is 0. The highest BCUT2D eigenvalue weighted by Crippen LogP contribution is 2.15. The Morgan fingerprint density at radius 2 is 0.900 bits per heavy atom. The molecule has 0 aromatic carbocycles. The van der Waals surface area contributed by atoms with E-state index in [1.54, 1.807) is 6.92 Å². The molecule has 0 radical (unpaired) electrons. The number of unbranched alkanes of at least 4 members (excludes halogenated alkanes) is 16. The van der Waals surface area contributed by atoms with Crippen molar-refractivity contribution in [2.45, 2.75) is 162 Å². The van der Waals surface area contributed by atoms with E-state index in [-0.39, 0.29) is 0 Å². The Hall–Kier alpha value is -0.790. The van der Waals surface area contributed by atoms with E-state index in [0.717, 1.165) is 12.8 Å². The molecule has 0 spiro atoms. The van der Waals surface area contributed by atoms with Crippen LogP contribution in [0.1, 0.15) is 162 Å². The summed E-state index contributed by atoms with van der Waals surface area (Å²) in [7, 11) is 0. The van der Waals surface area contributed by atoms with E-state index in [1.165, 1.54) is 135 Å². The SMILES string of the molecule is C1CCCCC1.CCCCCCCCCCCCCCCCCCC=C(C)C(=O)O. The van der Waals surface area contributed by atoms with Crippen molar-refractivity contribution >= 4 is 5.97 Å². The predicted molar refractivity (Wildman–Crippen MR) is 133 cm³/mol. The van der Waals surface area contributed by atoms with Crippen LogP contribution in [0.2, 0.25) is 0 Å². The molecule has 1 saturated carbocycles. The van der Waals surface area contributed by atoms with Gasteiger partial charge in [-0.25, -0.2) is 4.79 Å². The van der Waals surface area contributed by atoms with Crippen LogP contribution in [0.3, 0.4) is 0 Å². The first kappa shape index (κ1) is 29.2. The van der Waals surface area contributed by atoms with Crippen LogP contribution < -0.4 is 0 Å². The molecule has 0 bridgehead atoms. The Morgan fingerprint density at radius 1 is 0.600 bits per heavy atom. The molecule has 0 amide bonds. The van der Waals surface area contributed by atoms with Crippen LogP contribution in [-0.4, -0.2) is 11.1 Å². The molecule has 1 aliphatic carbocycles. The number of rotatable bonds is 18. The van der Waals surface area contributed by atoms with Gasteiger partial charge in [0.25, 0.3) is 0 Å². The summed E-state index contributed by atoms with van der Waals surface area (Å²) in [4.78, 5) is 10.6. The highest BCUT2D eigenvalue weighted by Gasteiger charge is 1.98. The summed E-state index contributed by atoms with van der Waals surface area (Å²) in [6.45, 7) is 3.95. The Kier molecular flexibility index (Phi) is 23.8. The molecule has 30 heavy (non-hydrogen) atoms. The molecular formula is C28H54O2. The lowest BCUT2D eigenvalue weighted by Crippen LogP contribution is -1.95. The maximum atomic E-state index is 10.6. The molecule has 0 unspecified atom stereocenters. The van der Waals surface area contributed by atoms with Gasteiger partial charge in [-0.1, -0.05) is 148 Å². The molecular weight excluding hydrogens is 368 g/mol. The summed E-state index contributed by atoms with van der Waals surface area (Å²) in [6, 6.07) is 0. The second-order valence-corrected chi connectivity index (χ2v) is 9.41. The number of aliphatic carboxylic acids is 1. The number of carbonyl (C=O) groups is 1. The minimum Gasteiger partial charge on any atom is -0.478 e. The van der Waals surface area contributed by atoms with E-state index in [0.29, 0.717) is 5.57 Å². The highest BCUT2D eigenvalue weighted by atomic mass is 16.4. The van der Waals surface area contributed by atoms with Crippen LogP contribution in [0.4, 0.5) is 0 Å². The monoisotopic (exact) mass is 422 g/mol. The molecule has 1 aliphatic rings. The summed E-state index contributed by atoms with van der Waals surface area (Å²) < 4.78 is 0. The molecule has 0 aromatic rings. The van der Waals surface area contributed by atoms with Gasteiger partial charge in [0.2, 0.25) is 0 Å². The third-order valence-corrected chi connectivity index (χ3v) is 6.35. The highest BCUT2D eigenvalue weighted by molar-refractivity contribution is 5.85. The number of hydrogen-bond acceptors (Lipinski definition) is 1. The zero-order valence-corrected chi connectivity index (χ0v) is 20.7. The van der Waals surface area contributed by atoms with Crippen LogP contribution in [0.25, 0.3) is 0 Å². The van der Waals surface area contributed by atoms with Crippen molar-refractivity contribution < 1.29 is 9.90 Å². The number of carboxylic acids is 1. The lowest BCUT2D eigenvalue weighted by molar-refractivity contribution is -0.132. The van der Waals surface area contributed by atoms with Crippen LogP contribution in [0.15, 0.2) is 11.6 Å². The second kappa shape index (κ2) is 24.5. The van der Waals surface area contributed by atoms with Gasteiger partial charge < -0.3 is 5.11 Å². The molecule has 0 aliphatic heterocycles. The second-order valence-electron chi connectivity index (χ2n) is 9.41. The summed E-state index contributed by atoms with van der Waals surface area (Å²) in [5.74, 6) is -0.786. The first-order chi connectivity index (χ1) is 14.7. The van der Waals surface area contributed by atoms with Crippen molar-refractivity contribution in [3.05, 3.63) is 11.6 Å². The maximum Gasteiger partial charge on any atom is 0.330 e. The van der Waals surface area contributed by atoms with Crippen molar-refractivity contribution in [3.8, 4) is 0 Å². The van der Waals surface area contributed by atoms with Crippen molar-refractivity contribution in [1.82, 2.24) is 0 Å². The van der Waals surface area contributed by atoms with Gasteiger partial charge in [-0.2, -0.15) is 0 Å². The zero-order valence-electron chi connectivity index (χ0n) is 20.7. The topological polar surface area (TPSA) is 37.3 Å². The van der Waals surface area contributed by atoms with Crippen molar-refractivity contribution in [1.29, 1.82) is 0 Å². The van der Waals surface area contributed by atoms with Crippen LogP contribution in [0.5, 0.6) is 0 Å². The third-order valence-electron chi connectivity index (χ3n) is 6.35. The number of hydrogen-bond donors (Lipinski definition) is 1. The summed E-state index contributed by atoms with van der Waals surface area (Å²) in [5.41, 5.74) is 0.482. The zero-order chi connectivity index (χ0) is 22.1. The largest absolute Gasteiger partial charge is 0.478 e. The molecule has 0 aromatic heterocycles. The van der Waals surface area contributed by atoms with Crippen molar-refractivity contribution in [3.63, 3.8) is 0 Å². The Labute approximate surface area is 189 Å². The average molecular weight is 423 g/mol. The van der Waals surface area contributed by atoms with E-state index in [4.69, 9.17) is 5.11 Å². The molecule has 1 fully saturated rings. The Bertz CT molecular complexity index is 371. The van der Waals surface area contributed by atoms with Crippen LogP contribution in [-0.2, 0) is 4.79 Å². The fourth-order valence-corrected chi connectivity index (χ4v) is 4.16. The first-order valence-corrected chi connectivity index (χ1v) is 13.6. The lowest BCUT2D eigenvalue weighted by Gasteiger charge is -2.05. The smallest absolute Gasteiger partial charge is 0.330 e. The van der Waals surface area contributed by atoms with E-state index < -0.39 is 5.97 Å². The molecule has 0 saturated heterocycles. The molecule has 2 heteroatoms. The molecule has 1 N–H and O–H groups in total. The van der Waals surface area contributed by atoms with Gasteiger partial charge in [0, 0.05) is 5.57 Å². The fourth-order valence-electron chi connectivity index (χ4n) is 4.16. The van der Waals surface area contributed by atoms with Crippen molar-refractivity contribution in [2.75, 3.05) is 0 Å². The van der Waals surface area contributed by atoms with Gasteiger partial charge in [0.1, 0.15) is 0 Å². The maximum absolute atomic E-state index is 10.6. The van der Waals surface area contributed by atoms with E-state index in [9.17, 15) is 4.79 Å². The van der Waals surface area contributed by atoms with E-state index in [1.807, 2.05) is 6.08 Å². The summed E-state index contributed by atoms with van der Waals surface area (Å²) in [5, 5.41) is 8.75. The van der Waals surface area contributed by atoms with Crippen molar-refractivity contribution in [2.24, 2.45) is 0 Å². The van der Waals surface area contributed by atoms with Gasteiger partial charge in [0.15, 0.2) is 0 Å². The normalized spacial score (nSPS) is 14.3. The fraction of sp³-hybridized carbons (Fsp3) is 0.893. The third kappa shape index (κ3) is 23.5. The minimum atomic E-state index is -0.786. The molecule has 178 valence electrons. The Balaban J connectivity index is 0.00000118. The minimum absolute atomic E-state index is 0.482. The van der Waals surface area contributed by atoms with Gasteiger partial charge in [-0.05, 0) is 19.8 Å². The standard InChI is InChI=1S/C22H42O2.C6H12/c1-3-4-5-6-7-8-9-10-11-12-13-14-15-16-17-18-19-20-21(2)22(23)24;1-2-4-6-5-3-1/h20H,3-19H2,1-2H3,(H,23,24);1-6H2. The molecule has 2 nitrogen and oxygen atoms in total. The van der Waals surface area contributed by atoms with Gasteiger partial charge in [-0.15, -0.1) is 0 Å². The summed E-state index contributed by atoms with van der Waals surface area (Å²) in [6.07, 6.45) is 33.8. The van der Waals surface area contributed by atoms with E-state index >= 15 is 0 Å². The Morgan fingerprint density at radius 3 is 1.20 bits per heavy atom. The van der Waals surface area contributed by atoms with Crippen LogP contribution in [0, 0.1) is 0 Å². The first-order valence-electron chi connectivity index (χ1n) is 13.6. The van der Waals surface area contributed by atoms with E-state index in [2.05, 4.69) is 6.92 Å². The molecule has 0 atom stereocenters.